The molecule has 0 fully saturated rings. The smallest absolute Gasteiger partial charge is 0.335 e. The Morgan fingerprint density at radius 1 is 1.13 bits per heavy atom. The highest BCUT2D eigenvalue weighted by Crippen LogP contribution is 2.14. The number of carboxylic acids is 1. The lowest BCUT2D eigenvalue weighted by Crippen LogP contribution is -2.04. The van der Waals surface area contributed by atoms with E-state index >= 15 is 0 Å². The molecule has 0 aliphatic carbocycles. The van der Waals surface area contributed by atoms with Crippen LogP contribution in [0.2, 0.25) is 0 Å². The largest absolute Gasteiger partial charge is 0.494 e. The first-order valence-corrected chi connectivity index (χ1v) is 7.48. The van der Waals surface area contributed by atoms with E-state index in [9.17, 15) is 4.79 Å². The molecule has 0 amide bonds. The van der Waals surface area contributed by atoms with E-state index in [4.69, 9.17) is 9.84 Å². The minimum Gasteiger partial charge on any atom is -0.494 e. The molecule has 0 unspecified atom stereocenters. The summed E-state index contributed by atoms with van der Waals surface area (Å²) in [6.45, 7) is 1.31. The number of carbonyl (C=O) groups is 1. The van der Waals surface area contributed by atoms with Crippen LogP contribution in [0.5, 0.6) is 5.75 Å². The Kier molecular flexibility index (Phi) is 4.52. The van der Waals surface area contributed by atoms with E-state index in [2.05, 4.69) is 10.3 Å². The molecule has 0 aliphatic rings. The number of aromatic nitrogens is 3. The molecule has 0 radical (unpaired) electrons. The van der Waals surface area contributed by atoms with Crippen LogP contribution < -0.4 is 4.74 Å². The van der Waals surface area contributed by atoms with Crippen LogP contribution in [-0.2, 0) is 6.54 Å². The Morgan fingerprint density at radius 3 is 2.87 bits per heavy atom. The maximum atomic E-state index is 10.9. The van der Waals surface area contributed by atoms with Crippen LogP contribution in [-0.4, -0.2) is 32.7 Å². The van der Waals surface area contributed by atoms with Crippen molar-refractivity contribution in [2.45, 2.75) is 19.4 Å². The quantitative estimate of drug-likeness (QED) is 0.679. The van der Waals surface area contributed by atoms with Gasteiger partial charge in [0.25, 0.3) is 0 Å². The van der Waals surface area contributed by atoms with Crippen molar-refractivity contribution in [1.82, 2.24) is 15.0 Å². The highest BCUT2D eigenvalue weighted by molar-refractivity contribution is 5.88. The molecular formula is C17H17N3O3. The lowest BCUT2D eigenvalue weighted by atomic mass is 10.2. The summed E-state index contributed by atoms with van der Waals surface area (Å²) in [5, 5.41) is 17.2. The van der Waals surface area contributed by atoms with Crippen molar-refractivity contribution in [1.29, 1.82) is 0 Å². The molecule has 0 saturated carbocycles. The van der Waals surface area contributed by atoms with Crippen molar-refractivity contribution < 1.29 is 14.6 Å². The van der Waals surface area contributed by atoms with Crippen LogP contribution in [0.15, 0.2) is 48.5 Å². The minimum atomic E-state index is -0.950. The number of carboxylic acid groups (broad SMARTS) is 1. The normalized spacial score (nSPS) is 10.8. The fourth-order valence-electron chi connectivity index (χ4n) is 2.36. The Bertz CT molecular complexity index is 813. The van der Waals surface area contributed by atoms with E-state index in [0.717, 1.165) is 30.4 Å². The fourth-order valence-corrected chi connectivity index (χ4v) is 2.36. The van der Waals surface area contributed by atoms with Crippen molar-refractivity contribution in [3.63, 3.8) is 0 Å². The lowest BCUT2D eigenvalue weighted by molar-refractivity contribution is 0.0696. The van der Waals surface area contributed by atoms with E-state index in [1.807, 2.05) is 28.9 Å². The maximum absolute atomic E-state index is 10.9. The topological polar surface area (TPSA) is 77.2 Å². The lowest BCUT2D eigenvalue weighted by Gasteiger charge is -2.07. The van der Waals surface area contributed by atoms with Gasteiger partial charge in [0.05, 0.1) is 17.7 Å². The molecule has 0 aliphatic heterocycles. The number of nitrogens with zero attached hydrogens (tertiary/aromatic N) is 3. The summed E-state index contributed by atoms with van der Waals surface area (Å²) >= 11 is 0. The number of aromatic carboxylic acids is 1. The summed E-state index contributed by atoms with van der Waals surface area (Å²) in [4.78, 5) is 10.9. The maximum Gasteiger partial charge on any atom is 0.335 e. The average molecular weight is 311 g/mol. The summed E-state index contributed by atoms with van der Waals surface area (Å²) in [5.41, 5.74) is 2.16. The third-order valence-electron chi connectivity index (χ3n) is 3.53. The van der Waals surface area contributed by atoms with E-state index in [1.165, 1.54) is 6.07 Å². The number of unbranched alkanes of at least 4 members (excludes halogenated alkanes) is 1. The van der Waals surface area contributed by atoms with Crippen LogP contribution in [0.25, 0.3) is 11.0 Å². The third kappa shape index (κ3) is 3.66. The first kappa shape index (κ1) is 15.0. The van der Waals surface area contributed by atoms with Gasteiger partial charge in [-0.05, 0) is 43.2 Å². The van der Waals surface area contributed by atoms with Gasteiger partial charge >= 0.3 is 5.97 Å². The number of hydrogen-bond donors (Lipinski definition) is 1. The predicted molar refractivity (Wildman–Crippen MR) is 85.7 cm³/mol. The minimum absolute atomic E-state index is 0.233. The molecule has 6 nitrogen and oxygen atoms in total. The van der Waals surface area contributed by atoms with E-state index < -0.39 is 5.97 Å². The third-order valence-corrected chi connectivity index (χ3v) is 3.53. The monoisotopic (exact) mass is 311 g/mol. The van der Waals surface area contributed by atoms with Gasteiger partial charge in [-0.3, -0.25) is 0 Å². The summed E-state index contributed by atoms with van der Waals surface area (Å²) in [6, 6.07) is 14.4. The Morgan fingerprint density at radius 2 is 2.00 bits per heavy atom. The molecule has 3 aromatic rings. The first-order valence-electron chi connectivity index (χ1n) is 7.48. The summed E-state index contributed by atoms with van der Waals surface area (Å²) in [5.74, 6) is -0.371. The van der Waals surface area contributed by atoms with Gasteiger partial charge in [-0.2, -0.15) is 0 Å². The number of fused-ring (bicyclic) bond motifs is 1. The summed E-state index contributed by atoms with van der Waals surface area (Å²) in [7, 11) is 0. The Labute approximate surface area is 133 Å². The van der Waals surface area contributed by atoms with Crippen molar-refractivity contribution >= 4 is 17.0 Å². The Hall–Kier alpha value is -2.89. The van der Waals surface area contributed by atoms with Crippen LogP contribution in [0.3, 0.4) is 0 Å². The van der Waals surface area contributed by atoms with Crippen LogP contribution in [0.4, 0.5) is 0 Å². The molecule has 0 atom stereocenters. The highest BCUT2D eigenvalue weighted by atomic mass is 16.5. The van der Waals surface area contributed by atoms with Gasteiger partial charge in [0.15, 0.2) is 0 Å². The number of benzene rings is 2. The van der Waals surface area contributed by atoms with Gasteiger partial charge in [0.1, 0.15) is 11.3 Å². The first-order chi connectivity index (χ1) is 11.2. The number of rotatable bonds is 7. The van der Waals surface area contributed by atoms with Crippen molar-refractivity contribution in [2.24, 2.45) is 0 Å². The van der Waals surface area contributed by atoms with Gasteiger partial charge in [-0.1, -0.05) is 23.4 Å². The van der Waals surface area contributed by atoms with Gasteiger partial charge in [-0.25, -0.2) is 9.48 Å². The zero-order chi connectivity index (χ0) is 16.1. The molecule has 118 valence electrons. The molecule has 0 bridgehead atoms. The number of para-hydroxylation sites is 1. The second-order valence-electron chi connectivity index (χ2n) is 5.19. The summed E-state index contributed by atoms with van der Waals surface area (Å²) < 4.78 is 7.48. The van der Waals surface area contributed by atoms with Crippen LogP contribution >= 0.6 is 0 Å². The second kappa shape index (κ2) is 6.91. The van der Waals surface area contributed by atoms with Crippen molar-refractivity contribution in [3.8, 4) is 5.75 Å². The van der Waals surface area contributed by atoms with E-state index in [0.29, 0.717) is 12.4 Å². The standard InChI is InChI=1S/C17H17N3O3/c21-17(22)13-6-5-7-14(12-13)23-11-4-3-10-20-16-9-2-1-8-15(16)18-19-20/h1-2,5-9,12H,3-4,10-11H2,(H,21,22). The van der Waals surface area contributed by atoms with Gasteiger partial charge in [0, 0.05) is 6.54 Å². The SMILES string of the molecule is O=C(O)c1cccc(OCCCCn2nnc3ccccc32)c1. The zero-order valence-electron chi connectivity index (χ0n) is 12.6. The molecule has 1 aromatic heterocycles. The van der Waals surface area contributed by atoms with Crippen LogP contribution in [0, 0.1) is 0 Å². The predicted octanol–water partition coefficient (Wildman–Crippen LogP) is 2.99. The molecule has 2 aromatic carbocycles. The number of ether oxygens (including phenoxy) is 1. The number of aryl methyl sites for hydroxylation is 1. The average Bonchev–Trinajstić information content (AvgIpc) is 2.98. The van der Waals surface area contributed by atoms with Crippen molar-refractivity contribution in [2.75, 3.05) is 6.61 Å². The molecule has 23 heavy (non-hydrogen) atoms. The molecule has 1 heterocycles. The zero-order valence-corrected chi connectivity index (χ0v) is 12.6. The Balaban J connectivity index is 1.47. The molecule has 3 rings (SSSR count). The van der Waals surface area contributed by atoms with Gasteiger partial charge in [-0.15, -0.1) is 5.10 Å². The fraction of sp³-hybridized carbons (Fsp3) is 0.235. The molecule has 1 N–H and O–H groups in total. The number of hydrogen-bond acceptors (Lipinski definition) is 4. The molecule has 0 spiro atoms. The van der Waals surface area contributed by atoms with Gasteiger partial charge < -0.3 is 9.84 Å². The van der Waals surface area contributed by atoms with Crippen molar-refractivity contribution in [3.05, 3.63) is 54.1 Å². The van der Waals surface area contributed by atoms with Crippen LogP contribution in [0.1, 0.15) is 23.2 Å². The van der Waals surface area contributed by atoms with E-state index in [1.54, 1.807) is 18.2 Å². The highest BCUT2D eigenvalue weighted by Gasteiger charge is 2.04. The molecular weight excluding hydrogens is 294 g/mol. The summed E-state index contributed by atoms with van der Waals surface area (Å²) in [6.07, 6.45) is 1.76. The van der Waals surface area contributed by atoms with E-state index in [-0.39, 0.29) is 5.56 Å². The second-order valence-corrected chi connectivity index (χ2v) is 5.19. The molecule has 6 heteroatoms. The van der Waals surface area contributed by atoms with Gasteiger partial charge in [0.2, 0.25) is 0 Å². The molecule has 0 saturated heterocycles.